The summed E-state index contributed by atoms with van der Waals surface area (Å²) >= 11 is 0. The molecule has 1 unspecified atom stereocenters. The normalized spacial score (nSPS) is 17.2. The molecule has 1 aliphatic heterocycles. The molecule has 5 aromatic rings. The van der Waals surface area contributed by atoms with Gasteiger partial charge in [-0.3, -0.25) is 4.99 Å². The number of nitrogens with zero attached hydrogens (tertiary/aromatic N) is 1. The Kier molecular flexibility index (Phi) is 6.16. The third-order valence-corrected chi connectivity index (χ3v) is 8.74. The van der Waals surface area contributed by atoms with Crippen LogP contribution in [0.4, 0.5) is 0 Å². The Labute approximate surface area is 243 Å². The van der Waals surface area contributed by atoms with Crippen LogP contribution in [-0.2, 0) is 5.41 Å². The van der Waals surface area contributed by atoms with Crippen molar-refractivity contribution in [3.63, 3.8) is 0 Å². The van der Waals surface area contributed by atoms with E-state index in [-0.39, 0.29) is 11.5 Å². The number of hydrogen-bond donors (Lipinski definition) is 0. The third kappa shape index (κ3) is 4.48. The molecule has 0 saturated carbocycles. The summed E-state index contributed by atoms with van der Waals surface area (Å²) in [5, 5.41) is 0. The van der Waals surface area contributed by atoms with Gasteiger partial charge in [0.2, 0.25) is 0 Å². The van der Waals surface area contributed by atoms with E-state index in [4.69, 9.17) is 4.99 Å². The summed E-state index contributed by atoms with van der Waals surface area (Å²) in [5.74, 6) is 0. The van der Waals surface area contributed by atoms with Crippen LogP contribution in [0.25, 0.3) is 27.8 Å². The van der Waals surface area contributed by atoms with E-state index < -0.39 is 0 Å². The second-order valence-electron chi connectivity index (χ2n) is 11.7. The van der Waals surface area contributed by atoms with Crippen molar-refractivity contribution >= 4 is 11.3 Å². The summed E-state index contributed by atoms with van der Waals surface area (Å²) in [6.45, 7) is 9.21. The predicted octanol–water partition coefficient (Wildman–Crippen LogP) is 10.2. The van der Waals surface area contributed by atoms with Crippen LogP contribution in [0.2, 0.25) is 0 Å². The van der Waals surface area contributed by atoms with E-state index in [1.807, 2.05) is 0 Å². The van der Waals surface area contributed by atoms with Gasteiger partial charge in [0.15, 0.2) is 0 Å². The Hall–Kier alpha value is -4.75. The molecule has 1 atom stereocenters. The lowest BCUT2D eigenvalue weighted by atomic mass is 9.81. The van der Waals surface area contributed by atoms with Crippen LogP contribution in [-0.4, -0.2) is 5.71 Å². The summed E-state index contributed by atoms with van der Waals surface area (Å²) < 4.78 is 0. The SMILES string of the molecule is C=C1CC(c2ccccc2)=CC(c2ccccc2)=NC1c1ccc(-c2ccc3c(c2)C(C)(C)c2ccccc2-3)cc1. The molecule has 0 aromatic heterocycles. The van der Waals surface area contributed by atoms with Gasteiger partial charge in [0, 0.05) is 5.41 Å². The Morgan fingerprint density at radius 3 is 1.95 bits per heavy atom. The first kappa shape index (κ1) is 25.2. The Morgan fingerprint density at radius 2 is 1.22 bits per heavy atom. The van der Waals surface area contributed by atoms with Crippen molar-refractivity contribution in [3.8, 4) is 22.3 Å². The average Bonchev–Trinajstić information content (AvgIpc) is 3.13. The van der Waals surface area contributed by atoms with Gasteiger partial charge >= 0.3 is 0 Å². The van der Waals surface area contributed by atoms with E-state index in [1.54, 1.807) is 0 Å². The highest BCUT2D eigenvalue weighted by molar-refractivity contribution is 6.13. The molecular formula is C40H33N. The van der Waals surface area contributed by atoms with Crippen molar-refractivity contribution in [3.05, 3.63) is 173 Å². The maximum atomic E-state index is 5.31. The lowest BCUT2D eigenvalue weighted by Crippen LogP contribution is -2.14. The van der Waals surface area contributed by atoms with Crippen LogP contribution >= 0.6 is 0 Å². The van der Waals surface area contributed by atoms with Crippen LogP contribution in [0.5, 0.6) is 0 Å². The number of rotatable bonds is 4. The molecule has 1 heterocycles. The molecular weight excluding hydrogens is 494 g/mol. The van der Waals surface area contributed by atoms with E-state index in [0.717, 1.165) is 23.3 Å². The van der Waals surface area contributed by atoms with E-state index >= 15 is 0 Å². The minimum Gasteiger partial charge on any atom is -0.272 e. The zero-order valence-corrected chi connectivity index (χ0v) is 23.6. The number of fused-ring (bicyclic) bond motifs is 3. The Morgan fingerprint density at radius 1 is 0.610 bits per heavy atom. The monoisotopic (exact) mass is 527 g/mol. The minimum atomic E-state index is -0.106. The summed E-state index contributed by atoms with van der Waals surface area (Å²) in [5.41, 5.74) is 14.8. The van der Waals surface area contributed by atoms with Crippen molar-refractivity contribution in [2.24, 2.45) is 4.99 Å². The van der Waals surface area contributed by atoms with Crippen molar-refractivity contribution < 1.29 is 0 Å². The maximum absolute atomic E-state index is 5.31. The van der Waals surface area contributed by atoms with Gasteiger partial charge in [-0.1, -0.05) is 142 Å². The van der Waals surface area contributed by atoms with Crippen molar-refractivity contribution in [2.75, 3.05) is 0 Å². The molecule has 1 aliphatic carbocycles. The average molecular weight is 528 g/mol. The molecule has 7 rings (SSSR count). The molecule has 0 bridgehead atoms. The van der Waals surface area contributed by atoms with Gasteiger partial charge in [0.25, 0.3) is 0 Å². The molecule has 1 heteroatoms. The highest BCUT2D eigenvalue weighted by Crippen LogP contribution is 2.49. The van der Waals surface area contributed by atoms with Gasteiger partial charge in [-0.15, -0.1) is 0 Å². The first-order valence-electron chi connectivity index (χ1n) is 14.4. The first-order chi connectivity index (χ1) is 20.0. The molecule has 41 heavy (non-hydrogen) atoms. The lowest BCUT2D eigenvalue weighted by molar-refractivity contribution is 0.660. The van der Waals surface area contributed by atoms with Gasteiger partial charge in [0.05, 0.1) is 11.8 Å². The molecule has 198 valence electrons. The fourth-order valence-electron chi connectivity index (χ4n) is 6.48. The largest absolute Gasteiger partial charge is 0.272 e. The zero-order chi connectivity index (χ0) is 28.0. The molecule has 0 amide bonds. The van der Waals surface area contributed by atoms with Crippen LogP contribution in [0, 0.1) is 0 Å². The fraction of sp³-hybridized carbons (Fsp3) is 0.125. The standard InChI is InChI=1S/C40H33N/c1-27-24-33(28-12-6-4-7-13-28)26-38(30-14-8-5-9-15-30)41-39(27)31-20-18-29(19-21-31)32-22-23-35-34-16-10-11-17-36(34)40(2,3)37(35)25-32/h4-23,25-26,39H,1,24H2,2-3H3. The van der Waals surface area contributed by atoms with Gasteiger partial charge in [0.1, 0.15) is 0 Å². The molecule has 0 spiro atoms. The highest BCUT2D eigenvalue weighted by Gasteiger charge is 2.35. The molecule has 1 nitrogen and oxygen atoms in total. The third-order valence-electron chi connectivity index (χ3n) is 8.74. The van der Waals surface area contributed by atoms with E-state index in [2.05, 4.69) is 154 Å². The fourth-order valence-corrected chi connectivity index (χ4v) is 6.48. The lowest BCUT2D eigenvalue weighted by Gasteiger charge is -2.22. The Balaban J connectivity index is 1.23. The Bertz CT molecular complexity index is 1820. The summed E-state index contributed by atoms with van der Waals surface area (Å²) in [6, 6.07) is 45.7. The van der Waals surface area contributed by atoms with Crippen molar-refractivity contribution in [2.45, 2.75) is 31.7 Å². The second-order valence-corrected chi connectivity index (χ2v) is 11.7. The van der Waals surface area contributed by atoms with E-state index in [1.165, 1.54) is 50.1 Å². The van der Waals surface area contributed by atoms with E-state index in [9.17, 15) is 0 Å². The molecule has 0 N–H and O–H groups in total. The van der Waals surface area contributed by atoms with Crippen LogP contribution in [0.15, 0.2) is 151 Å². The summed E-state index contributed by atoms with van der Waals surface area (Å²) in [4.78, 5) is 5.31. The molecule has 0 saturated heterocycles. The van der Waals surface area contributed by atoms with Crippen LogP contribution < -0.4 is 0 Å². The van der Waals surface area contributed by atoms with Gasteiger partial charge in [-0.05, 0) is 79.8 Å². The number of aliphatic imine (C=N–C) groups is 1. The van der Waals surface area contributed by atoms with Crippen LogP contribution in [0.1, 0.15) is 54.1 Å². The minimum absolute atomic E-state index is 0.00796. The van der Waals surface area contributed by atoms with Crippen molar-refractivity contribution in [1.29, 1.82) is 0 Å². The van der Waals surface area contributed by atoms with Gasteiger partial charge < -0.3 is 0 Å². The predicted molar refractivity (Wildman–Crippen MR) is 173 cm³/mol. The summed E-state index contributed by atoms with van der Waals surface area (Å²) in [7, 11) is 0. The maximum Gasteiger partial charge on any atom is 0.0967 e. The van der Waals surface area contributed by atoms with Crippen LogP contribution in [0.3, 0.4) is 0 Å². The highest BCUT2D eigenvalue weighted by atomic mass is 14.8. The number of hydrogen-bond acceptors (Lipinski definition) is 1. The quantitative estimate of drug-likeness (QED) is 0.206. The molecule has 5 aromatic carbocycles. The van der Waals surface area contributed by atoms with Gasteiger partial charge in [-0.25, -0.2) is 0 Å². The summed E-state index contributed by atoms with van der Waals surface area (Å²) in [6.07, 6.45) is 3.03. The molecule has 2 aliphatic rings. The second kappa shape index (κ2) is 10.0. The molecule has 0 radical (unpaired) electrons. The number of allylic oxidation sites excluding steroid dienone is 2. The zero-order valence-electron chi connectivity index (χ0n) is 23.6. The molecule has 0 fully saturated rings. The first-order valence-corrected chi connectivity index (χ1v) is 14.4. The van der Waals surface area contributed by atoms with Gasteiger partial charge in [-0.2, -0.15) is 0 Å². The van der Waals surface area contributed by atoms with Crippen molar-refractivity contribution in [1.82, 2.24) is 0 Å². The van der Waals surface area contributed by atoms with E-state index in [0.29, 0.717) is 0 Å². The number of benzene rings is 5. The topological polar surface area (TPSA) is 12.4 Å². The smallest absolute Gasteiger partial charge is 0.0967 e.